The minimum Gasteiger partial charge on any atom is -0.497 e. The molecule has 0 radical (unpaired) electrons. The van der Waals surface area contributed by atoms with Crippen molar-refractivity contribution in [3.05, 3.63) is 64.8 Å². The predicted octanol–water partition coefficient (Wildman–Crippen LogP) is 4.04. The highest BCUT2D eigenvalue weighted by molar-refractivity contribution is 7.89. The highest BCUT2D eigenvalue weighted by Gasteiger charge is 2.27. The lowest BCUT2D eigenvalue weighted by atomic mass is 10.1. The predicted molar refractivity (Wildman–Crippen MR) is 117 cm³/mol. The van der Waals surface area contributed by atoms with E-state index in [-0.39, 0.29) is 22.2 Å². The van der Waals surface area contributed by atoms with E-state index in [9.17, 15) is 13.2 Å². The van der Waals surface area contributed by atoms with Crippen LogP contribution >= 0.6 is 11.6 Å². The van der Waals surface area contributed by atoms with Gasteiger partial charge in [0.05, 0.1) is 23.1 Å². The smallest absolute Gasteiger partial charge is 0.338 e. The summed E-state index contributed by atoms with van der Waals surface area (Å²) in [6, 6.07) is 13.0. The Bertz CT molecular complexity index is 1220. The van der Waals surface area contributed by atoms with Gasteiger partial charge in [0, 0.05) is 30.1 Å². The number of benzene rings is 2. The van der Waals surface area contributed by atoms with Gasteiger partial charge in [-0.1, -0.05) is 11.6 Å². The summed E-state index contributed by atoms with van der Waals surface area (Å²) in [6.07, 6.45) is 1.73. The number of aromatic nitrogens is 1. The molecular weight excluding hydrogens is 440 g/mol. The van der Waals surface area contributed by atoms with Crippen LogP contribution in [-0.2, 0) is 21.4 Å². The van der Waals surface area contributed by atoms with Crippen LogP contribution in [0.25, 0.3) is 10.9 Å². The van der Waals surface area contributed by atoms with E-state index in [4.69, 9.17) is 21.1 Å². The number of fused-ring (bicyclic) bond motifs is 1. The number of halogens is 1. The van der Waals surface area contributed by atoms with Crippen molar-refractivity contribution in [2.75, 3.05) is 20.2 Å². The number of sulfonamides is 1. The van der Waals surface area contributed by atoms with E-state index in [1.165, 1.54) is 28.6 Å². The molecule has 0 amide bonds. The van der Waals surface area contributed by atoms with Gasteiger partial charge in [-0.3, -0.25) is 0 Å². The van der Waals surface area contributed by atoms with E-state index < -0.39 is 16.0 Å². The van der Waals surface area contributed by atoms with Crippen LogP contribution in [0.5, 0.6) is 5.75 Å². The van der Waals surface area contributed by atoms with Crippen molar-refractivity contribution in [2.24, 2.45) is 0 Å². The van der Waals surface area contributed by atoms with Gasteiger partial charge in [0.25, 0.3) is 0 Å². The third kappa shape index (κ3) is 4.51. The zero-order valence-electron chi connectivity index (χ0n) is 16.9. The van der Waals surface area contributed by atoms with E-state index >= 15 is 0 Å². The molecule has 1 saturated heterocycles. The highest BCUT2D eigenvalue weighted by Crippen LogP contribution is 2.25. The van der Waals surface area contributed by atoms with Gasteiger partial charge in [0.2, 0.25) is 10.0 Å². The lowest BCUT2D eigenvalue weighted by Crippen LogP contribution is -2.27. The number of methoxy groups -OCH3 is 1. The van der Waals surface area contributed by atoms with E-state index in [0.29, 0.717) is 29.9 Å². The molecule has 162 valence electrons. The van der Waals surface area contributed by atoms with Crippen molar-refractivity contribution in [2.45, 2.75) is 24.3 Å². The number of carbonyl (C=O) groups is 1. The second-order valence-corrected chi connectivity index (χ2v) is 9.50. The standard InChI is InChI=1S/C22H21ClN2O5S/c1-29-18-7-4-16-12-17(21(23)24-20(16)13-18)14-30-22(26)15-5-8-19(9-6-15)31(27,28)25-10-2-3-11-25/h4-9,12-13H,2-3,10-11,14H2,1H3. The fourth-order valence-corrected chi connectivity index (χ4v) is 5.18. The van der Waals surface area contributed by atoms with Crippen LogP contribution in [0.2, 0.25) is 5.15 Å². The molecular formula is C22H21ClN2O5S. The van der Waals surface area contributed by atoms with Gasteiger partial charge in [0.15, 0.2) is 0 Å². The minimum atomic E-state index is -3.52. The molecule has 2 heterocycles. The fraction of sp³-hybridized carbons (Fsp3) is 0.273. The molecule has 0 spiro atoms. The van der Waals surface area contributed by atoms with E-state index in [1.54, 1.807) is 13.2 Å². The summed E-state index contributed by atoms with van der Waals surface area (Å²) in [5.74, 6) is 0.0986. The Hall–Kier alpha value is -2.68. The maximum absolute atomic E-state index is 12.6. The molecule has 0 atom stereocenters. The van der Waals surface area contributed by atoms with E-state index in [1.807, 2.05) is 18.2 Å². The van der Waals surface area contributed by atoms with Gasteiger partial charge in [-0.05, 0) is 55.3 Å². The Morgan fingerprint density at radius 1 is 1.10 bits per heavy atom. The van der Waals surface area contributed by atoms with Gasteiger partial charge in [-0.25, -0.2) is 18.2 Å². The monoisotopic (exact) mass is 460 g/mol. The average molecular weight is 461 g/mol. The van der Waals surface area contributed by atoms with Crippen LogP contribution in [0.4, 0.5) is 0 Å². The number of ether oxygens (including phenoxy) is 2. The lowest BCUT2D eigenvalue weighted by molar-refractivity contribution is 0.0472. The fourth-order valence-electron chi connectivity index (χ4n) is 3.46. The van der Waals surface area contributed by atoms with Crippen LogP contribution in [0.15, 0.2) is 53.4 Å². The lowest BCUT2D eigenvalue weighted by Gasteiger charge is -2.15. The van der Waals surface area contributed by atoms with Crippen molar-refractivity contribution in [1.82, 2.24) is 9.29 Å². The molecule has 4 rings (SSSR count). The number of hydrogen-bond acceptors (Lipinski definition) is 6. The van der Waals surface area contributed by atoms with Crippen molar-refractivity contribution in [3.8, 4) is 5.75 Å². The Morgan fingerprint density at radius 3 is 2.48 bits per heavy atom. The summed E-state index contributed by atoms with van der Waals surface area (Å²) in [7, 11) is -1.95. The number of hydrogen-bond donors (Lipinski definition) is 0. The van der Waals surface area contributed by atoms with Gasteiger partial charge < -0.3 is 9.47 Å². The first kappa shape index (κ1) is 21.5. The van der Waals surface area contributed by atoms with Crippen LogP contribution in [-0.4, -0.2) is 43.9 Å². The summed E-state index contributed by atoms with van der Waals surface area (Å²) < 4.78 is 37.2. The molecule has 0 saturated carbocycles. The van der Waals surface area contributed by atoms with Crippen molar-refractivity contribution >= 4 is 38.5 Å². The van der Waals surface area contributed by atoms with Gasteiger partial charge in [-0.2, -0.15) is 4.31 Å². The number of carbonyl (C=O) groups excluding carboxylic acids is 1. The number of esters is 1. The van der Waals surface area contributed by atoms with Gasteiger partial charge in [-0.15, -0.1) is 0 Å². The van der Waals surface area contributed by atoms with Gasteiger partial charge >= 0.3 is 5.97 Å². The zero-order valence-corrected chi connectivity index (χ0v) is 18.4. The van der Waals surface area contributed by atoms with Crippen LogP contribution in [0, 0.1) is 0 Å². The van der Waals surface area contributed by atoms with Crippen molar-refractivity contribution in [3.63, 3.8) is 0 Å². The minimum absolute atomic E-state index is 0.0551. The quantitative estimate of drug-likeness (QED) is 0.407. The molecule has 1 aromatic heterocycles. The van der Waals surface area contributed by atoms with Crippen molar-refractivity contribution in [1.29, 1.82) is 0 Å². The topological polar surface area (TPSA) is 85.8 Å². The molecule has 1 aliphatic heterocycles. The summed E-state index contributed by atoms with van der Waals surface area (Å²) >= 11 is 6.25. The molecule has 7 nitrogen and oxygen atoms in total. The Kier molecular flexibility index (Phi) is 6.13. The highest BCUT2D eigenvalue weighted by atomic mass is 35.5. The largest absolute Gasteiger partial charge is 0.497 e. The molecule has 0 N–H and O–H groups in total. The summed E-state index contributed by atoms with van der Waals surface area (Å²) in [6.45, 7) is 0.999. The molecule has 31 heavy (non-hydrogen) atoms. The SMILES string of the molecule is COc1ccc2cc(COC(=O)c3ccc(S(=O)(=O)N4CCCC4)cc3)c(Cl)nc2c1. The van der Waals surface area contributed by atoms with E-state index in [0.717, 1.165) is 18.2 Å². The van der Waals surface area contributed by atoms with E-state index in [2.05, 4.69) is 4.98 Å². The Labute approximate surface area is 185 Å². The first-order chi connectivity index (χ1) is 14.9. The van der Waals surface area contributed by atoms with Crippen LogP contribution < -0.4 is 4.74 Å². The average Bonchev–Trinajstić information content (AvgIpc) is 3.33. The second-order valence-electron chi connectivity index (χ2n) is 7.21. The Morgan fingerprint density at radius 2 is 1.81 bits per heavy atom. The number of nitrogens with zero attached hydrogens (tertiary/aromatic N) is 2. The second kappa shape index (κ2) is 8.82. The normalized spacial score (nSPS) is 14.6. The van der Waals surface area contributed by atoms with Crippen LogP contribution in [0.1, 0.15) is 28.8 Å². The molecule has 3 aromatic rings. The molecule has 1 aliphatic rings. The molecule has 1 fully saturated rings. The third-order valence-electron chi connectivity index (χ3n) is 5.20. The van der Waals surface area contributed by atoms with Crippen LogP contribution in [0.3, 0.4) is 0 Å². The maximum atomic E-state index is 12.6. The first-order valence-corrected chi connectivity index (χ1v) is 11.6. The number of pyridine rings is 1. The zero-order chi connectivity index (χ0) is 22.0. The molecule has 0 aliphatic carbocycles. The summed E-state index contributed by atoms with van der Waals surface area (Å²) in [4.78, 5) is 16.9. The Balaban J connectivity index is 1.45. The van der Waals surface area contributed by atoms with Crippen molar-refractivity contribution < 1.29 is 22.7 Å². The molecule has 9 heteroatoms. The summed E-state index contributed by atoms with van der Waals surface area (Å²) in [5, 5.41) is 1.08. The molecule has 0 unspecified atom stereocenters. The molecule has 0 bridgehead atoms. The maximum Gasteiger partial charge on any atom is 0.338 e. The van der Waals surface area contributed by atoms with Gasteiger partial charge in [0.1, 0.15) is 17.5 Å². The number of rotatable bonds is 6. The third-order valence-corrected chi connectivity index (χ3v) is 7.44. The first-order valence-electron chi connectivity index (χ1n) is 9.79. The molecule has 2 aromatic carbocycles. The summed E-state index contributed by atoms with van der Waals surface area (Å²) in [5.41, 5.74) is 1.50.